The maximum absolute atomic E-state index is 2.89. The third-order valence-electron chi connectivity index (χ3n) is 6.67. The predicted octanol–water partition coefficient (Wildman–Crippen LogP) is 2.74. The molecule has 102 valence electrons. The van der Waals surface area contributed by atoms with E-state index < -0.39 is 0 Å². The summed E-state index contributed by atoms with van der Waals surface area (Å²) in [5.74, 6) is 1.96. The van der Waals surface area contributed by atoms with E-state index in [4.69, 9.17) is 0 Å². The molecule has 4 aliphatic rings. The van der Waals surface area contributed by atoms with E-state index in [0.717, 1.165) is 17.9 Å². The molecule has 0 amide bonds. The zero-order valence-corrected chi connectivity index (χ0v) is 11.9. The molecule has 0 N–H and O–H groups in total. The fourth-order valence-corrected chi connectivity index (χ4v) is 5.55. The van der Waals surface area contributed by atoms with Gasteiger partial charge in [0.2, 0.25) is 0 Å². The first-order valence-corrected chi connectivity index (χ1v) is 8.26. The Kier molecular flexibility index (Phi) is 2.74. The number of nitrogens with zero attached hydrogens (tertiary/aromatic N) is 2. The molecule has 4 fully saturated rings. The average Bonchev–Trinajstić information content (AvgIpc) is 2.40. The maximum atomic E-state index is 2.89. The van der Waals surface area contributed by atoms with Crippen LogP contribution in [0.3, 0.4) is 0 Å². The summed E-state index contributed by atoms with van der Waals surface area (Å²) in [5, 5.41) is 0. The van der Waals surface area contributed by atoms with Gasteiger partial charge in [-0.05, 0) is 64.0 Å². The van der Waals surface area contributed by atoms with Crippen LogP contribution in [0.15, 0.2) is 0 Å². The summed E-state index contributed by atoms with van der Waals surface area (Å²) < 4.78 is 0. The van der Waals surface area contributed by atoms with E-state index in [0.29, 0.717) is 5.54 Å². The molecule has 18 heavy (non-hydrogen) atoms. The van der Waals surface area contributed by atoms with Gasteiger partial charge in [0.05, 0.1) is 0 Å². The first-order valence-electron chi connectivity index (χ1n) is 8.26. The molecular weight excluding hydrogens is 220 g/mol. The van der Waals surface area contributed by atoms with Gasteiger partial charge in [-0.25, -0.2) is 0 Å². The van der Waals surface area contributed by atoms with Crippen molar-refractivity contribution in [1.29, 1.82) is 0 Å². The Morgan fingerprint density at radius 3 is 2.83 bits per heavy atom. The van der Waals surface area contributed by atoms with E-state index in [1.807, 2.05) is 0 Å². The molecule has 4 atom stereocenters. The first kappa shape index (κ1) is 11.7. The molecule has 2 heteroatoms. The van der Waals surface area contributed by atoms with Gasteiger partial charge in [0.15, 0.2) is 0 Å². The lowest BCUT2D eigenvalue weighted by Gasteiger charge is -2.62. The highest BCUT2D eigenvalue weighted by molar-refractivity contribution is 5.06. The molecule has 4 heterocycles. The summed E-state index contributed by atoms with van der Waals surface area (Å²) in [7, 11) is 0. The van der Waals surface area contributed by atoms with Crippen molar-refractivity contribution in [2.24, 2.45) is 11.8 Å². The van der Waals surface area contributed by atoms with Crippen molar-refractivity contribution in [1.82, 2.24) is 9.80 Å². The quantitative estimate of drug-likeness (QED) is 0.650. The first-order chi connectivity index (χ1) is 8.77. The van der Waals surface area contributed by atoms with Crippen LogP contribution in [0.5, 0.6) is 0 Å². The summed E-state index contributed by atoms with van der Waals surface area (Å²) in [4.78, 5) is 5.76. The van der Waals surface area contributed by atoms with E-state index in [2.05, 4.69) is 16.7 Å². The molecule has 0 aromatic carbocycles. The van der Waals surface area contributed by atoms with Crippen LogP contribution in [0, 0.1) is 11.8 Å². The van der Waals surface area contributed by atoms with Crippen LogP contribution in [0.1, 0.15) is 51.9 Å². The second-order valence-electron chi connectivity index (χ2n) is 7.51. The average molecular weight is 248 g/mol. The third kappa shape index (κ3) is 1.61. The topological polar surface area (TPSA) is 6.48 Å². The minimum absolute atomic E-state index is 0.553. The largest absolute Gasteiger partial charge is 0.300 e. The molecule has 4 aliphatic heterocycles. The van der Waals surface area contributed by atoms with Crippen molar-refractivity contribution in [3.05, 3.63) is 0 Å². The Hall–Kier alpha value is -0.0800. The molecule has 0 spiro atoms. The Morgan fingerprint density at radius 2 is 1.89 bits per heavy atom. The van der Waals surface area contributed by atoms with Gasteiger partial charge in [-0.3, -0.25) is 9.80 Å². The Labute approximate surface area is 112 Å². The lowest BCUT2D eigenvalue weighted by Crippen LogP contribution is -2.68. The summed E-state index contributed by atoms with van der Waals surface area (Å²) in [6, 6.07) is 0.946. The van der Waals surface area contributed by atoms with Crippen molar-refractivity contribution < 1.29 is 0 Å². The van der Waals surface area contributed by atoms with Gasteiger partial charge in [0.25, 0.3) is 0 Å². The number of piperidine rings is 4. The maximum Gasteiger partial charge on any atom is 0.0222 e. The fraction of sp³-hybridized carbons (Fsp3) is 1.00. The molecule has 4 rings (SSSR count). The van der Waals surface area contributed by atoms with E-state index in [1.165, 1.54) is 71.1 Å². The zero-order valence-electron chi connectivity index (χ0n) is 11.9. The highest BCUT2D eigenvalue weighted by atomic mass is 15.3. The fourth-order valence-electron chi connectivity index (χ4n) is 5.55. The minimum atomic E-state index is 0.553. The van der Waals surface area contributed by atoms with Gasteiger partial charge in [0, 0.05) is 24.7 Å². The van der Waals surface area contributed by atoms with E-state index in [1.54, 1.807) is 0 Å². The Balaban J connectivity index is 1.61. The molecule has 0 saturated carbocycles. The van der Waals surface area contributed by atoms with Gasteiger partial charge in [-0.15, -0.1) is 0 Å². The lowest BCUT2D eigenvalue weighted by atomic mass is 9.65. The van der Waals surface area contributed by atoms with Crippen LogP contribution in [0.4, 0.5) is 0 Å². The summed E-state index contributed by atoms with van der Waals surface area (Å²) in [6.07, 6.45) is 10.3. The molecule has 4 saturated heterocycles. The molecule has 0 aliphatic carbocycles. The lowest BCUT2D eigenvalue weighted by molar-refractivity contribution is -0.116. The monoisotopic (exact) mass is 248 g/mol. The van der Waals surface area contributed by atoms with Crippen molar-refractivity contribution in [3.8, 4) is 0 Å². The standard InChI is InChI=1S/C16H28N2/c1-16-7-3-5-9-18(16)11-13-10-14(16)12-17-8-4-2-6-15(13)17/h13-15H,2-12H2,1H3/t13-,14-,15-,16+/m0/s1. The number of hydrogen-bond donors (Lipinski definition) is 0. The smallest absolute Gasteiger partial charge is 0.0222 e. The Bertz CT molecular complexity index is 329. The van der Waals surface area contributed by atoms with Gasteiger partial charge in [0.1, 0.15) is 0 Å². The van der Waals surface area contributed by atoms with Crippen molar-refractivity contribution in [2.45, 2.75) is 63.5 Å². The van der Waals surface area contributed by atoms with Crippen LogP contribution >= 0.6 is 0 Å². The van der Waals surface area contributed by atoms with E-state index >= 15 is 0 Å². The van der Waals surface area contributed by atoms with Crippen molar-refractivity contribution in [3.63, 3.8) is 0 Å². The molecular formula is C16H28N2. The molecule has 2 nitrogen and oxygen atoms in total. The molecule has 0 unspecified atom stereocenters. The van der Waals surface area contributed by atoms with Gasteiger partial charge in [-0.2, -0.15) is 0 Å². The predicted molar refractivity (Wildman–Crippen MR) is 74.6 cm³/mol. The number of rotatable bonds is 0. The molecule has 0 aromatic rings. The normalized spacial score (nSPS) is 49.5. The Morgan fingerprint density at radius 1 is 1.00 bits per heavy atom. The molecule has 0 radical (unpaired) electrons. The summed E-state index contributed by atoms with van der Waals surface area (Å²) in [6.45, 7) is 8.18. The highest BCUT2D eigenvalue weighted by Gasteiger charge is 2.52. The second kappa shape index (κ2) is 4.21. The summed E-state index contributed by atoms with van der Waals surface area (Å²) in [5.41, 5.74) is 0.553. The zero-order chi connectivity index (χ0) is 12.2. The van der Waals surface area contributed by atoms with Crippen LogP contribution in [0.2, 0.25) is 0 Å². The van der Waals surface area contributed by atoms with Crippen molar-refractivity contribution in [2.75, 3.05) is 26.2 Å². The van der Waals surface area contributed by atoms with E-state index in [-0.39, 0.29) is 0 Å². The van der Waals surface area contributed by atoms with Crippen LogP contribution < -0.4 is 0 Å². The van der Waals surface area contributed by atoms with Gasteiger partial charge < -0.3 is 0 Å². The number of fused-ring (bicyclic) bond motifs is 6. The van der Waals surface area contributed by atoms with Crippen LogP contribution in [-0.2, 0) is 0 Å². The van der Waals surface area contributed by atoms with Crippen molar-refractivity contribution >= 4 is 0 Å². The SMILES string of the molecule is C[C@]12CCCCN1C[C@@H]1C[C@H]2CN2CCCC[C@@H]12. The van der Waals surface area contributed by atoms with E-state index in [9.17, 15) is 0 Å². The molecule has 2 bridgehead atoms. The van der Waals surface area contributed by atoms with Gasteiger partial charge in [-0.1, -0.05) is 12.8 Å². The van der Waals surface area contributed by atoms with Gasteiger partial charge >= 0.3 is 0 Å². The second-order valence-corrected chi connectivity index (χ2v) is 7.51. The summed E-state index contributed by atoms with van der Waals surface area (Å²) >= 11 is 0. The van der Waals surface area contributed by atoms with Crippen LogP contribution in [0.25, 0.3) is 0 Å². The number of hydrogen-bond acceptors (Lipinski definition) is 2. The van der Waals surface area contributed by atoms with Crippen LogP contribution in [-0.4, -0.2) is 47.6 Å². The highest BCUT2D eigenvalue weighted by Crippen LogP contribution is 2.48. The third-order valence-corrected chi connectivity index (χ3v) is 6.67. The molecule has 0 aromatic heterocycles. The minimum Gasteiger partial charge on any atom is -0.300 e.